The monoisotopic (exact) mass is 487 g/mol. The molecule has 6 nitrogen and oxygen atoms in total. The number of alkyl halides is 2. The molecule has 1 amide bonds. The molecule has 3 rings (SSSR count). The van der Waals surface area contributed by atoms with Crippen LogP contribution >= 0.6 is 66.7 Å². The van der Waals surface area contributed by atoms with Crippen LogP contribution in [0.4, 0.5) is 0 Å². The highest BCUT2D eigenvalue weighted by Gasteiger charge is 2.63. The molecule has 22 heavy (non-hydrogen) atoms. The summed E-state index contributed by atoms with van der Waals surface area (Å²) in [6.07, 6.45) is 0. The summed E-state index contributed by atoms with van der Waals surface area (Å²) in [6, 6.07) is 0. The number of carbonyl (C=O) groups is 2. The Bertz CT molecular complexity index is 641. The lowest BCUT2D eigenvalue weighted by Crippen LogP contribution is -2.72. The number of hydrogen-bond donors (Lipinski definition) is 1. The average molecular weight is 489 g/mol. The molecule has 1 aromatic rings. The molecule has 0 aromatic carbocycles. The normalized spacial score (nSPS) is 29.9. The van der Waals surface area contributed by atoms with Crippen molar-refractivity contribution in [2.75, 3.05) is 18.1 Å². The zero-order valence-electron chi connectivity index (χ0n) is 11.3. The number of rotatable bonds is 4. The van der Waals surface area contributed by atoms with Crippen molar-refractivity contribution in [3.8, 4) is 0 Å². The van der Waals surface area contributed by atoms with Crippen molar-refractivity contribution in [2.24, 2.45) is 5.41 Å². The summed E-state index contributed by atoms with van der Waals surface area (Å²) in [7, 11) is 0. The Labute approximate surface area is 156 Å². The van der Waals surface area contributed by atoms with E-state index < -0.39 is 14.6 Å². The predicted molar refractivity (Wildman–Crippen MR) is 94.0 cm³/mol. The van der Waals surface area contributed by atoms with Crippen LogP contribution in [0, 0.1) is 12.3 Å². The third-order valence-corrected chi connectivity index (χ3v) is 9.62. The Kier molecular flexibility index (Phi) is 4.56. The first-order valence-corrected chi connectivity index (χ1v) is 10.7. The number of carboxylic acid groups (broad SMARTS) is 1. The Morgan fingerprint density at radius 1 is 1.55 bits per heavy atom. The second-order valence-electron chi connectivity index (χ2n) is 5.18. The highest BCUT2D eigenvalue weighted by Crippen LogP contribution is 2.54. The van der Waals surface area contributed by atoms with Gasteiger partial charge in [-0.25, -0.2) is 0 Å². The smallest absolute Gasteiger partial charge is 0.313 e. The van der Waals surface area contributed by atoms with E-state index >= 15 is 0 Å². The zero-order valence-corrected chi connectivity index (χ0v) is 16.9. The summed E-state index contributed by atoms with van der Waals surface area (Å²) in [5, 5.41) is 18.4. The first-order valence-electron chi connectivity index (χ1n) is 6.23. The fraction of sp³-hybridized carbons (Fsp3) is 0.636. The summed E-state index contributed by atoms with van der Waals surface area (Å²) < 4.78 is 0.00856. The van der Waals surface area contributed by atoms with Gasteiger partial charge in [0.15, 0.2) is 7.57 Å². The lowest BCUT2D eigenvalue weighted by Gasteiger charge is -2.55. The van der Waals surface area contributed by atoms with Crippen LogP contribution in [-0.4, -0.2) is 58.7 Å². The standard InChI is InChI=1S/C11H11Br2N3O3S3/c1-5-14-15-9(22-5)21-4-10(8(18)19)2-16-6(17)11(12,13)7(16)20-3-10/h7H,2-4H2,1H3,(H,18,19)/t7-,10?/m1/s1. The number of aryl methyl sites for hydroxylation is 1. The number of aromatic nitrogens is 2. The fourth-order valence-electron chi connectivity index (χ4n) is 2.31. The second-order valence-corrected chi connectivity index (χ2v) is 12.2. The summed E-state index contributed by atoms with van der Waals surface area (Å²) >= 11 is 11.0. The van der Waals surface area contributed by atoms with Gasteiger partial charge in [0.25, 0.3) is 5.91 Å². The van der Waals surface area contributed by atoms with Crippen molar-refractivity contribution >= 4 is 78.6 Å². The predicted octanol–water partition coefficient (Wildman–Crippen LogP) is 2.41. The van der Waals surface area contributed by atoms with Crippen LogP contribution in [-0.2, 0) is 9.59 Å². The second kappa shape index (κ2) is 5.91. The van der Waals surface area contributed by atoms with Crippen molar-refractivity contribution in [1.29, 1.82) is 0 Å². The fourth-order valence-corrected chi connectivity index (χ4v) is 7.64. The van der Waals surface area contributed by atoms with Crippen LogP contribution in [0.3, 0.4) is 0 Å². The van der Waals surface area contributed by atoms with Gasteiger partial charge in [-0.2, -0.15) is 0 Å². The topological polar surface area (TPSA) is 83.4 Å². The summed E-state index contributed by atoms with van der Waals surface area (Å²) in [6.45, 7) is 2.09. The van der Waals surface area contributed by atoms with Gasteiger partial charge in [0.05, 0.1) is 0 Å². The van der Waals surface area contributed by atoms with E-state index in [-0.39, 0.29) is 17.8 Å². The molecule has 0 saturated carbocycles. The number of fused-ring (bicyclic) bond motifs is 1. The quantitative estimate of drug-likeness (QED) is 0.395. The lowest BCUT2D eigenvalue weighted by molar-refractivity contribution is -0.153. The van der Waals surface area contributed by atoms with Gasteiger partial charge in [-0.15, -0.1) is 22.0 Å². The highest BCUT2D eigenvalue weighted by atomic mass is 79.9. The molecule has 0 bridgehead atoms. The molecule has 0 aliphatic carbocycles. The number of carbonyl (C=O) groups excluding carboxylic acids is 1. The number of thioether (sulfide) groups is 2. The molecule has 1 unspecified atom stereocenters. The van der Waals surface area contributed by atoms with Gasteiger partial charge in [0.1, 0.15) is 15.8 Å². The van der Waals surface area contributed by atoms with Gasteiger partial charge in [0.2, 0.25) is 0 Å². The molecule has 0 spiro atoms. The Hall–Kier alpha value is 0.160. The van der Waals surface area contributed by atoms with Crippen molar-refractivity contribution in [3.63, 3.8) is 0 Å². The molecule has 1 aromatic heterocycles. The summed E-state index contributed by atoms with van der Waals surface area (Å²) in [5.41, 5.74) is -0.961. The van der Waals surface area contributed by atoms with Gasteiger partial charge in [-0.3, -0.25) is 9.59 Å². The molecule has 2 aliphatic heterocycles. The third-order valence-electron chi connectivity index (χ3n) is 3.56. The van der Waals surface area contributed by atoms with Crippen LogP contribution in [0.5, 0.6) is 0 Å². The largest absolute Gasteiger partial charge is 0.481 e. The van der Waals surface area contributed by atoms with Gasteiger partial charge in [-0.05, 0) is 6.92 Å². The maximum absolute atomic E-state index is 12.1. The molecule has 3 heterocycles. The maximum atomic E-state index is 12.1. The van der Waals surface area contributed by atoms with Crippen LogP contribution < -0.4 is 0 Å². The van der Waals surface area contributed by atoms with Crippen LogP contribution in [0.1, 0.15) is 5.01 Å². The van der Waals surface area contributed by atoms with E-state index in [4.69, 9.17) is 0 Å². The SMILES string of the molecule is Cc1nnc(SCC2(C(=O)O)CS[C@H]3N(C2)C(=O)C3(Br)Br)s1. The minimum Gasteiger partial charge on any atom is -0.481 e. The first-order chi connectivity index (χ1) is 10.3. The molecule has 0 radical (unpaired) electrons. The van der Waals surface area contributed by atoms with E-state index in [9.17, 15) is 14.7 Å². The Balaban J connectivity index is 1.74. The van der Waals surface area contributed by atoms with Crippen molar-refractivity contribution in [3.05, 3.63) is 5.01 Å². The number of β-lactam (4-membered cyclic amide) rings is 1. The summed E-state index contributed by atoms with van der Waals surface area (Å²) in [4.78, 5) is 25.6. The molecular formula is C11H11Br2N3O3S3. The minimum atomic E-state index is -0.961. The number of halogens is 2. The molecule has 2 saturated heterocycles. The molecular weight excluding hydrogens is 478 g/mol. The first kappa shape index (κ1) is 17.0. The van der Waals surface area contributed by atoms with Crippen molar-refractivity contribution in [1.82, 2.24) is 15.1 Å². The number of carboxylic acids is 1. The zero-order chi connectivity index (χ0) is 16.1. The molecule has 2 fully saturated rings. The maximum Gasteiger partial charge on any atom is 0.313 e. The van der Waals surface area contributed by atoms with E-state index in [1.54, 1.807) is 4.90 Å². The average Bonchev–Trinajstić information content (AvgIpc) is 2.89. The number of hydrogen-bond acceptors (Lipinski definition) is 7. The van der Waals surface area contributed by atoms with Crippen molar-refractivity contribution < 1.29 is 14.7 Å². The Morgan fingerprint density at radius 2 is 2.27 bits per heavy atom. The molecule has 2 aliphatic rings. The van der Waals surface area contributed by atoms with Gasteiger partial charge < -0.3 is 10.0 Å². The lowest BCUT2D eigenvalue weighted by atomic mass is 9.90. The van der Waals surface area contributed by atoms with E-state index in [0.29, 0.717) is 11.5 Å². The molecule has 11 heteroatoms. The van der Waals surface area contributed by atoms with Crippen LogP contribution in [0.15, 0.2) is 4.34 Å². The van der Waals surface area contributed by atoms with Crippen molar-refractivity contribution in [2.45, 2.75) is 19.9 Å². The van der Waals surface area contributed by atoms with Gasteiger partial charge in [0, 0.05) is 18.1 Å². The Morgan fingerprint density at radius 3 is 2.86 bits per heavy atom. The molecule has 1 N–H and O–H groups in total. The van der Waals surface area contributed by atoms with E-state index in [1.807, 2.05) is 6.92 Å². The van der Waals surface area contributed by atoms with E-state index in [2.05, 4.69) is 42.1 Å². The summed E-state index contributed by atoms with van der Waals surface area (Å²) in [5.74, 6) is -0.160. The van der Waals surface area contributed by atoms with Gasteiger partial charge >= 0.3 is 5.97 Å². The molecule has 2 atom stereocenters. The number of aliphatic carboxylic acids is 1. The van der Waals surface area contributed by atoms with E-state index in [0.717, 1.165) is 9.35 Å². The molecule has 120 valence electrons. The minimum absolute atomic E-state index is 0.0683. The highest BCUT2D eigenvalue weighted by molar-refractivity contribution is 9.26. The van der Waals surface area contributed by atoms with E-state index in [1.165, 1.54) is 34.9 Å². The van der Waals surface area contributed by atoms with Crippen LogP contribution in [0.2, 0.25) is 0 Å². The third kappa shape index (κ3) is 2.72. The van der Waals surface area contributed by atoms with Crippen LogP contribution in [0.25, 0.3) is 0 Å². The van der Waals surface area contributed by atoms with Gasteiger partial charge in [-0.1, -0.05) is 55.0 Å². The number of nitrogens with zero attached hydrogens (tertiary/aromatic N) is 3. The number of amides is 1.